The fraction of sp³-hybridized carbons (Fsp3) is 0.375. The molecule has 5 nitrogen and oxygen atoms in total. The van der Waals surface area contributed by atoms with Crippen molar-refractivity contribution >= 4 is 17.7 Å². The molecular formula is C24H27FN4OS. The Morgan fingerprint density at radius 3 is 2.52 bits per heavy atom. The quantitative estimate of drug-likeness (QED) is 0.486. The first-order valence-corrected chi connectivity index (χ1v) is 11.7. The number of nitrogens with zero attached hydrogens (tertiary/aromatic N) is 4. The molecule has 0 spiro atoms. The van der Waals surface area contributed by atoms with Crippen LogP contribution in [0.1, 0.15) is 37.7 Å². The van der Waals surface area contributed by atoms with Gasteiger partial charge in [-0.2, -0.15) is 0 Å². The lowest BCUT2D eigenvalue weighted by Crippen LogP contribution is -2.39. The van der Waals surface area contributed by atoms with E-state index in [0.717, 1.165) is 18.4 Å². The number of benzene rings is 2. The zero-order valence-electron chi connectivity index (χ0n) is 17.7. The molecule has 0 radical (unpaired) electrons. The van der Waals surface area contributed by atoms with Crippen molar-refractivity contribution in [2.45, 2.75) is 49.8 Å². The van der Waals surface area contributed by atoms with Crippen molar-refractivity contribution in [1.82, 2.24) is 19.7 Å². The van der Waals surface area contributed by atoms with Crippen molar-refractivity contribution in [1.29, 1.82) is 0 Å². The van der Waals surface area contributed by atoms with E-state index in [1.54, 1.807) is 18.2 Å². The van der Waals surface area contributed by atoms with Crippen molar-refractivity contribution in [3.05, 3.63) is 66.0 Å². The second-order valence-corrected chi connectivity index (χ2v) is 8.89. The molecule has 162 valence electrons. The molecule has 0 saturated heterocycles. The maximum absolute atomic E-state index is 14.5. The summed E-state index contributed by atoms with van der Waals surface area (Å²) in [5.41, 5.74) is 1.47. The van der Waals surface area contributed by atoms with Crippen LogP contribution in [-0.2, 0) is 11.3 Å². The predicted molar refractivity (Wildman–Crippen MR) is 121 cm³/mol. The highest BCUT2D eigenvalue weighted by molar-refractivity contribution is 7.99. The summed E-state index contributed by atoms with van der Waals surface area (Å²) >= 11 is 1.36. The summed E-state index contributed by atoms with van der Waals surface area (Å²) in [6, 6.07) is 16.8. The molecule has 0 N–H and O–H groups in total. The minimum absolute atomic E-state index is 0.0959. The van der Waals surface area contributed by atoms with Gasteiger partial charge >= 0.3 is 0 Å². The Hall–Kier alpha value is -2.67. The molecule has 0 atom stereocenters. The summed E-state index contributed by atoms with van der Waals surface area (Å²) in [6.07, 6.45) is 5.79. The number of amides is 1. The second kappa shape index (κ2) is 10.1. The highest BCUT2D eigenvalue weighted by atomic mass is 32.2. The van der Waals surface area contributed by atoms with Crippen LogP contribution in [0, 0.1) is 5.82 Å². The Bertz CT molecular complexity index is 1020. The van der Waals surface area contributed by atoms with E-state index in [9.17, 15) is 9.18 Å². The van der Waals surface area contributed by atoms with Crippen LogP contribution in [0.3, 0.4) is 0 Å². The van der Waals surface area contributed by atoms with Crippen molar-refractivity contribution in [2.75, 3.05) is 12.8 Å². The molecule has 1 fully saturated rings. The Labute approximate surface area is 186 Å². The number of aromatic nitrogens is 3. The lowest BCUT2D eigenvalue weighted by atomic mass is 9.94. The molecule has 1 aliphatic carbocycles. The van der Waals surface area contributed by atoms with E-state index in [1.165, 1.54) is 37.1 Å². The van der Waals surface area contributed by atoms with E-state index in [4.69, 9.17) is 0 Å². The molecule has 1 aromatic heterocycles. The molecule has 0 bridgehead atoms. The van der Waals surface area contributed by atoms with Gasteiger partial charge in [0.2, 0.25) is 5.91 Å². The molecule has 1 heterocycles. The van der Waals surface area contributed by atoms with Gasteiger partial charge in [0.05, 0.1) is 17.9 Å². The monoisotopic (exact) mass is 438 g/mol. The second-order valence-electron chi connectivity index (χ2n) is 7.94. The molecule has 1 amide bonds. The van der Waals surface area contributed by atoms with Crippen molar-refractivity contribution in [3.8, 4) is 11.4 Å². The summed E-state index contributed by atoms with van der Waals surface area (Å²) in [5, 5.41) is 9.21. The molecule has 4 rings (SSSR count). The highest BCUT2D eigenvalue weighted by Crippen LogP contribution is 2.28. The van der Waals surface area contributed by atoms with E-state index in [1.807, 2.05) is 46.8 Å². The third-order valence-corrected chi connectivity index (χ3v) is 6.81. The molecule has 2 aromatic carbocycles. The number of hydrogen-bond donors (Lipinski definition) is 0. The van der Waals surface area contributed by atoms with Crippen LogP contribution >= 0.6 is 11.8 Å². The number of hydrogen-bond acceptors (Lipinski definition) is 4. The van der Waals surface area contributed by atoms with Crippen molar-refractivity contribution in [3.63, 3.8) is 0 Å². The van der Waals surface area contributed by atoms with Gasteiger partial charge in [-0.05, 0) is 30.5 Å². The Balaban J connectivity index is 1.55. The molecule has 31 heavy (non-hydrogen) atoms. The van der Waals surface area contributed by atoms with Gasteiger partial charge in [0.1, 0.15) is 5.82 Å². The molecule has 3 aromatic rings. The predicted octanol–water partition coefficient (Wildman–Crippen LogP) is 5.02. The minimum atomic E-state index is -0.339. The third kappa shape index (κ3) is 5.15. The molecule has 1 saturated carbocycles. The maximum atomic E-state index is 14.5. The zero-order chi connectivity index (χ0) is 21.6. The number of halogens is 1. The summed E-state index contributed by atoms with van der Waals surface area (Å²) in [6.45, 7) is 0.506. The van der Waals surface area contributed by atoms with Crippen LogP contribution in [0.2, 0.25) is 0 Å². The lowest BCUT2D eigenvalue weighted by Gasteiger charge is -2.31. The SMILES string of the molecule is CN(C(=O)CSc1nnc(-c2ccccc2F)n1Cc1ccccc1)C1CCCCC1. The molecule has 0 aliphatic heterocycles. The van der Waals surface area contributed by atoms with Gasteiger partial charge in [-0.15, -0.1) is 10.2 Å². The number of carbonyl (C=O) groups is 1. The summed E-state index contributed by atoms with van der Waals surface area (Å²) < 4.78 is 16.4. The van der Waals surface area contributed by atoms with Crippen LogP contribution < -0.4 is 0 Å². The summed E-state index contributed by atoms with van der Waals surface area (Å²) in [5.74, 6) is 0.516. The van der Waals surface area contributed by atoms with E-state index in [-0.39, 0.29) is 17.5 Å². The minimum Gasteiger partial charge on any atom is -0.342 e. The van der Waals surface area contributed by atoms with E-state index in [0.29, 0.717) is 29.1 Å². The summed E-state index contributed by atoms with van der Waals surface area (Å²) in [7, 11) is 1.90. The van der Waals surface area contributed by atoms with Gasteiger partial charge < -0.3 is 4.90 Å². The van der Waals surface area contributed by atoms with Crippen molar-refractivity contribution < 1.29 is 9.18 Å². The van der Waals surface area contributed by atoms with Crippen LogP contribution in [0.15, 0.2) is 59.8 Å². The molecular weight excluding hydrogens is 411 g/mol. The topological polar surface area (TPSA) is 51.0 Å². The van der Waals surface area contributed by atoms with Gasteiger partial charge in [-0.25, -0.2) is 4.39 Å². The van der Waals surface area contributed by atoms with E-state index in [2.05, 4.69) is 10.2 Å². The highest BCUT2D eigenvalue weighted by Gasteiger charge is 2.23. The molecule has 0 unspecified atom stereocenters. The first kappa shape index (κ1) is 21.6. The zero-order valence-corrected chi connectivity index (χ0v) is 18.5. The van der Waals surface area contributed by atoms with Gasteiger partial charge in [-0.3, -0.25) is 9.36 Å². The Morgan fingerprint density at radius 2 is 1.77 bits per heavy atom. The Morgan fingerprint density at radius 1 is 1.06 bits per heavy atom. The summed E-state index contributed by atoms with van der Waals surface area (Å²) in [4.78, 5) is 14.7. The van der Waals surface area contributed by atoms with Crippen LogP contribution in [0.5, 0.6) is 0 Å². The van der Waals surface area contributed by atoms with E-state index >= 15 is 0 Å². The van der Waals surface area contributed by atoms with Crippen LogP contribution in [0.4, 0.5) is 4.39 Å². The number of rotatable bonds is 7. The normalized spacial score (nSPS) is 14.5. The standard InChI is InChI=1S/C24H27FN4OS/c1-28(19-12-6-3-7-13-19)22(30)17-31-24-27-26-23(20-14-8-9-15-21(20)25)29(24)16-18-10-4-2-5-11-18/h2,4-5,8-11,14-15,19H,3,6-7,12-13,16-17H2,1H3. The van der Waals surface area contributed by atoms with Crippen LogP contribution in [-0.4, -0.2) is 44.4 Å². The maximum Gasteiger partial charge on any atom is 0.233 e. The first-order valence-electron chi connectivity index (χ1n) is 10.7. The van der Waals surface area contributed by atoms with E-state index < -0.39 is 0 Å². The fourth-order valence-corrected chi connectivity index (χ4v) is 4.91. The van der Waals surface area contributed by atoms with Gasteiger partial charge in [-0.1, -0.05) is 73.5 Å². The molecule has 1 aliphatic rings. The van der Waals surface area contributed by atoms with Gasteiger partial charge in [0, 0.05) is 13.1 Å². The third-order valence-electron chi connectivity index (χ3n) is 5.86. The average molecular weight is 439 g/mol. The van der Waals surface area contributed by atoms with Gasteiger partial charge in [0.25, 0.3) is 0 Å². The molecule has 7 heteroatoms. The smallest absolute Gasteiger partial charge is 0.233 e. The van der Waals surface area contributed by atoms with Crippen LogP contribution in [0.25, 0.3) is 11.4 Å². The first-order chi connectivity index (χ1) is 15.1. The Kier molecular flexibility index (Phi) is 7.02. The van der Waals surface area contributed by atoms with Crippen molar-refractivity contribution in [2.24, 2.45) is 0 Å². The lowest BCUT2D eigenvalue weighted by molar-refractivity contribution is -0.129. The number of carbonyl (C=O) groups excluding carboxylic acids is 1. The largest absolute Gasteiger partial charge is 0.342 e. The number of thioether (sulfide) groups is 1. The van der Waals surface area contributed by atoms with Gasteiger partial charge in [0.15, 0.2) is 11.0 Å². The average Bonchev–Trinajstić information content (AvgIpc) is 3.20. The fourth-order valence-electron chi connectivity index (χ4n) is 4.05.